The van der Waals surface area contributed by atoms with E-state index in [-0.39, 0.29) is 49.1 Å². The highest BCUT2D eigenvalue weighted by molar-refractivity contribution is 5.90. The lowest BCUT2D eigenvalue weighted by molar-refractivity contribution is -0.134. The van der Waals surface area contributed by atoms with E-state index in [0.717, 1.165) is 50.3 Å². The first-order valence-electron chi connectivity index (χ1n) is 13.8. The first kappa shape index (κ1) is 26.7. The predicted molar refractivity (Wildman–Crippen MR) is 141 cm³/mol. The molecule has 2 saturated carbocycles. The number of nitrogens with one attached hydrogen (secondary N) is 2. The molecule has 4 rings (SSSR count). The molecule has 3 atom stereocenters. The maximum Gasteiger partial charge on any atom is 0.319 e. The van der Waals surface area contributed by atoms with Gasteiger partial charge in [-0.3, -0.25) is 4.79 Å². The van der Waals surface area contributed by atoms with Crippen molar-refractivity contribution in [2.45, 2.75) is 83.4 Å². The summed E-state index contributed by atoms with van der Waals surface area (Å²) in [7, 11) is 2.14. The zero-order chi connectivity index (χ0) is 25.7. The second-order valence-electron chi connectivity index (χ2n) is 11.3. The molecule has 0 spiro atoms. The average Bonchev–Trinajstić information content (AvgIpc) is 3.66. The van der Waals surface area contributed by atoms with Crippen LogP contribution in [0.3, 0.4) is 0 Å². The number of likely N-dealkylation sites (N-methyl/N-ethyl adjacent to an activating group) is 1. The Labute approximate surface area is 215 Å². The van der Waals surface area contributed by atoms with Gasteiger partial charge in [-0.25, -0.2) is 4.79 Å². The third kappa shape index (κ3) is 7.35. The Bertz CT molecular complexity index is 900. The number of ether oxygens (including phenoxy) is 1. The summed E-state index contributed by atoms with van der Waals surface area (Å²) < 4.78 is 6.58. The number of urea groups is 1. The van der Waals surface area contributed by atoms with Crippen molar-refractivity contribution in [2.75, 3.05) is 38.6 Å². The Hall–Kier alpha value is -2.32. The van der Waals surface area contributed by atoms with Gasteiger partial charge in [-0.1, -0.05) is 26.2 Å². The van der Waals surface area contributed by atoms with Gasteiger partial charge < -0.3 is 30.3 Å². The number of fused-ring (bicyclic) bond motifs is 1. The Morgan fingerprint density at radius 3 is 2.64 bits per heavy atom. The van der Waals surface area contributed by atoms with E-state index in [1.807, 2.05) is 25.1 Å². The first-order valence-corrected chi connectivity index (χ1v) is 13.8. The van der Waals surface area contributed by atoms with E-state index in [1.54, 1.807) is 4.90 Å². The van der Waals surface area contributed by atoms with Crippen LogP contribution in [0.15, 0.2) is 18.2 Å². The quantitative estimate of drug-likeness (QED) is 0.507. The van der Waals surface area contributed by atoms with Gasteiger partial charge >= 0.3 is 6.03 Å². The van der Waals surface area contributed by atoms with Crippen LogP contribution in [-0.4, -0.2) is 78.3 Å². The van der Waals surface area contributed by atoms with Crippen LogP contribution < -0.4 is 15.4 Å². The molecule has 1 aliphatic heterocycles. The molecule has 1 heterocycles. The molecule has 1 aromatic rings. The number of carbonyl (C=O) groups is 2. The van der Waals surface area contributed by atoms with Crippen LogP contribution in [0.2, 0.25) is 0 Å². The molecule has 0 saturated heterocycles. The minimum absolute atomic E-state index is 0.0379. The fourth-order valence-electron chi connectivity index (χ4n) is 5.45. The fourth-order valence-corrected chi connectivity index (χ4v) is 5.45. The molecular weight excluding hydrogens is 456 g/mol. The minimum Gasteiger partial charge on any atom is -0.488 e. The predicted octanol–water partition coefficient (Wildman–Crippen LogP) is 3.63. The maximum absolute atomic E-state index is 13.4. The van der Waals surface area contributed by atoms with Gasteiger partial charge in [0.1, 0.15) is 11.9 Å². The highest BCUT2D eigenvalue weighted by atomic mass is 16.5. The van der Waals surface area contributed by atoms with E-state index in [1.165, 1.54) is 19.3 Å². The number of benzene rings is 1. The lowest BCUT2D eigenvalue weighted by Crippen LogP contribution is -2.47. The van der Waals surface area contributed by atoms with Crippen molar-refractivity contribution in [1.82, 2.24) is 15.1 Å². The molecule has 3 N–H and O–H groups in total. The summed E-state index contributed by atoms with van der Waals surface area (Å²) in [6.07, 6.45) is 8.25. The lowest BCUT2D eigenvalue weighted by atomic mass is 9.96. The minimum atomic E-state index is -0.270. The topological polar surface area (TPSA) is 94.1 Å². The average molecular weight is 501 g/mol. The van der Waals surface area contributed by atoms with E-state index in [4.69, 9.17) is 4.74 Å². The third-order valence-electron chi connectivity index (χ3n) is 7.87. The molecule has 0 radical (unpaired) electrons. The summed E-state index contributed by atoms with van der Waals surface area (Å²) in [5.74, 6) is 1.53. The van der Waals surface area contributed by atoms with Gasteiger partial charge in [-0.05, 0) is 63.8 Å². The maximum atomic E-state index is 13.4. The number of anilines is 1. The van der Waals surface area contributed by atoms with E-state index in [2.05, 4.69) is 29.5 Å². The van der Waals surface area contributed by atoms with Crippen molar-refractivity contribution < 1.29 is 19.4 Å². The number of amides is 3. The van der Waals surface area contributed by atoms with Gasteiger partial charge in [0.05, 0.1) is 19.1 Å². The number of hydrogen-bond donors (Lipinski definition) is 3. The summed E-state index contributed by atoms with van der Waals surface area (Å²) in [6.45, 7) is 6.29. The molecular formula is C28H44N4O4. The lowest BCUT2D eigenvalue weighted by Gasteiger charge is -2.34. The molecule has 36 heavy (non-hydrogen) atoms. The van der Waals surface area contributed by atoms with E-state index in [9.17, 15) is 14.7 Å². The van der Waals surface area contributed by atoms with Crippen molar-refractivity contribution in [2.24, 2.45) is 11.8 Å². The summed E-state index contributed by atoms with van der Waals surface area (Å²) in [5, 5.41) is 15.9. The largest absolute Gasteiger partial charge is 0.488 e. The zero-order valence-corrected chi connectivity index (χ0v) is 22.2. The number of aliphatic hydroxyl groups excluding tert-OH is 1. The number of aliphatic hydroxyl groups is 1. The molecule has 2 aliphatic carbocycles. The van der Waals surface area contributed by atoms with Crippen molar-refractivity contribution in [3.8, 4) is 5.75 Å². The van der Waals surface area contributed by atoms with E-state index in [0.29, 0.717) is 18.0 Å². The van der Waals surface area contributed by atoms with Crippen LogP contribution in [-0.2, 0) is 11.2 Å². The molecule has 0 aromatic heterocycles. The Kier molecular flexibility index (Phi) is 9.12. The van der Waals surface area contributed by atoms with Gasteiger partial charge in [-0.2, -0.15) is 0 Å². The highest BCUT2D eigenvalue weighted by Gasteiger charge is 2.32. The zero-order valence-electron chi connectivity index (χ0n) is 22.2. The highest BCUT2D eigenvalue weighted by Crippen LogP contribution is 2.31. The van der Waals surface area contributed by atoms with Gasteiger partial charge in [0.15, 0.2) is 0 Å². The van der Waals surface area contributed by atoms with Crippen molar-refractivity contribution >= 4 is 17.6 Å². The Morgan fingerprint density at radius 1 is 1.19 bits per heavy atom. The van der Waals surface area contributed by atoms with Gasteiger partial charge in [0.2, 0.25) is 5.91 Å². The summed E-state index contributed by atoms with van der Waals surface area (Å²) in [4.78, 5) is 30.1. The molecule has 2 fully saturated rings. The molecule has 8 nitrogen and oxygen atoms in total. The van der Waals surface area contributed by atoms with Crippen LogP contribution in [0.4, 0.5) is 10.5 Å². The third-order valence-corrected chi connectivity index (χ3v) is 7.87. The van der Waals surface area contributed by atoms with E-state index < -0.39 is 0 Å². The number of hydrogen-bond acceptors (Lipinski definition) is 5. The van der Waals surface area contributed by atoms with Crippen molar-refractivity contribution in [3.63, 3.8) is 0 Å². The molecule has 1 aromatic carbocycles. The Balaban J connectivity index is 1.52. The number of carbonyl (C=O) groups excluding carboxylic acids is 2. The fraction of sp³-hybridized carbons (Fsp3) is 0.714. The molecule has 3 aliphatic rings. The normalized spacial score (nSPS) is 24.2. The van der Waals surface area contributed by atoms with Gasteiger partial charge in [0, 0.05) is 42.8 Å². The van der Waals surface area contributed by atoms with Gasteiger partial charge in [0.25, 0.3) is 0 Å². The monoisotopic (exact) mass is 500 g/mol. The number of rotatable bonds is 8. The van der Waals surface area contributed by atoms with E-state index >= 15 is 0 Å². The van der Waals surface area contributed by atoms with Crippen LogP contribution >= 0.6 is 0 Å². The van der Waals surface area contributed by atoms with Crippen LogP contribution in [0.5, 0.6) is 5.75 Å². The molecule has 3 amide bonds. The van der Waals surface area contributed by atoms with Crippen LogP contribution in [0.25, 0.3) is 0 Å². The molecule has 8 heteroatoms. The molecule has 0 bridgehead atoms. The number of nitrogens with zero attached hydrogens (tertiary/aromatic N) is 2. The van der Waals surface area contributed by atoms with Crippen molar-refractivity contribution in [3.05, 3.63) is 23.8 Å². The Morgan fingerprint density at radius 2 is 1.94 bits per heavy atom. The van der Waals surface area contributed by atoms with Crippen molar-refractivity contribution in [1.29, 1.82) is 0 Å². The molecule has 200 valence electrons. The van der Waals surface area contributed by atoms with Gasteiger partial charge in [-0.15, -0.1) is 0 Å². The SMILES string of the molecule is C[C@@H]1CN([C@H](C)CO)C(=O)Cc2cc(NC(=O)NC3CCCCC3)ccc2O[C@H]1CN(C)CC1CC1. The second kappa shape index (κ2) is 12.3. The smallest absolute Gasteiger partial charge is 0.319 e. The van der Waals surface area contributed by atoms with Crippen LogP contribution in [0.1, 0.15) is 64.4 Å². The summed E-state index contributed by atoms with van der Waals surface area (Å²) in [5.41, 5.74) is 1.41. The first-order chi connectivity index (χ1) is 17.3. The second-order valence-corrected chi connectivity index (χ2v) is 11.3. The summed E-state index contributed by atoms with van der Waals surface area (Å²) in [6, 6.07) is 5.33. The standard InChI is InChI=1S/C28H44N4O4/c1-19-15-32(20(2)18-33)27(34)14-22-13-24(30-28(35)29-23-7-5-4-6-8-23)11-12-25(22)36-26(19)17-31(3)16-21-9-10-21/h11-13,19-21,23,26,33H,4-10,14-18H2,1-3H3,(H2,29,30,35)/t19-,20-,26+/m1/s1. The van der Waals surface area contributed by atoms with Crippen LogP contribution in [0, 0.1) is 11.8 Å². The summed E-state index contributed by atoms with van der Waals surface area (Å²) >= 11 is 0. The molecule has 0 unspecified atom stereocenters.